The van der Waals surface area contributed by atoms with E-state index in [-0.39, 0.29) is 22.8 Å². The molecule has 1 rings (SSSR count). The van der Waals surface area contributed by atoms with Gasteiger partial charge in [-0.15, -0.1) is 0 Å². The molecule has 0 fully saturated rings. The van der Waals surface area contributed by atoms with Crippen molar-refractivity contribution in [2.45, 2.75) is 11.8 Å². The molecule has 9 heteroatoms. The highest BCUT2D eigenvalue weighted by atomic mass is 32.2. The number of nitrogens with two attached hydrogens (primary N) is 1. The number of rotatable bonds is 7. The summed E-state index contributed by atoms with van der Waals surface area (Å²) in [7, 11) is -3.52. The van der Waals surface area contributed by atoms with E-state index in [1.165, 1.54) is 19.2 Å². The summed E-state index contributed by atoms with van der Waals surface area (Å²) in [5.74, 6) is 0.571. The van der Waals surface area contributed by atoms with Crippen LogP contribution in [-0.2, 0) is 20.8 Å². The molecule has 0 saturated heterocycles. The van der Waals surface area contributed by atoms with Crippen molar-refractivity contribution in [3.63, 3.8) is 0 Å². The number of amides is 1. The van der Waals surface area contributed by atoms with Gasteiger partial charge in [0.1, 0.15) is 5.75 Å². The van der Waals surface area contributed by atoms with Gasteiger partial charge in [0, 0.05) is 28.9 Å². The number of methoxy groups -OCH3 is 1. The summed E-state index contributed by atoms with van der Waals surface area (Å²) < 4.78 is 38.9. The molecular formula is C12H18N2O5S2. The molecule has 0 saturated carbocycles. The van der Waals surface area contributed by atoms with E-state index in [2.05, 4.69) is 5.32 Å². The van der Waals surface area contributed by atoms with Gasteiger partial charge in [0.15, 0.2) is 0 Å². The number of primary sulfonamides is 1. The number of carbonyl (C=O) groups is 1. The topological polar surface area (TPSA) is 116 Å². The first-order chi connectivity index (χ1) is 9.79. The molecule has 1 atom stereocenters. The lowest BCUT2D eigenvalue weighted by Crippen LogP contribution is -2.28. The van der Waals surface area contributed by atoms with Crippen molar-refractivity contribution in [3.8, 4) is 5.75 Å². The second-order valence-corrected chi connectivity index (χ2v) is 7.52. The van der Waals surface area contributed by atoms with Gasteiger partial charge in [0.05, 0.1) is 17.6 Å². The van der Waals surface area contributed by atoms with Gasteiger partial charge in [-0.1, -0.05) is 6.92 Å². The summed E-state index contributed by atoms with van der Waals surface area (Å²) in [6, 6.07) is 3.77. The molecule has 1 aromatic rings. The van der Waals surface area contributed by atoms with Gasteiger partial charge in [-0.3, -0.25) is 9.00 Å². The van der Waals surface area contributed by atoms with Gasteiger partial charge in [-0.05, 0) is 18.2 Å². The van der Waals surface area contributed by atoms with E-state index < -0.39 is 26.7 Å². The normalized spacial score (nSPS) is 12.7. The molecule has 1 aromatic carbocycles. The Morgan fingerprint density at radius 1 is 1.43 bits per heavy atom. The zero-order valence-corrected chi connectivity index (χ0v) is 13.4. The lowest BCUT2D eigenvalue weighted by Gasteiger charge is -2.10. The van der Waals surface area contributed by atoms with Crippen LogP contribution in [-0.4, -0.2) is 43.7 Å². The van der Waals surface area contributed by atoms with E-state index in [1.807, 2.05) is 0 Å². The predicted molar refractivity (Wildman–Crippen MR) is 80.3 cm³/mol. The Hall–Kier alpha value is -1.45. The standard InChI is InChI=1S/C12H18N2O5S2/c1-3-20(16)7-6-14-12(15)10-8-9(21(13,17)18)4-5-11(10)19-2/h4-5,8H,3,6-7H2,1-2H3,(H,14,15)(H2,13,17,18). The number of hydrogen-bond donors (Lipinski definition) is 2. The van der Waals surface area contributed by atoms with Gasteiger partial charge < -0.3 is 10.1 Å². The Morgan fingerprint density at radius 3 is 2.62 bits per heavy atom. The van der Waals surface area contributed by atoms with Crippen LogP contribution in [0.2, 0.25) is 0 Å². The minimum Gasteiger partial charge on any atom is -0.496 e. The zero-order chi connectivity index (χ0) is 16.0. The first-order valence-corrected chi connectivity index (χ1v) is 9.17. The molecule has 1 unspecified atom stereocenters. The maximum absolute atomic E-state index is 12.0. The van der Waals surface area contributed by atoms with Crippen LogP contribution in [0.25, 0.3) is 0 Å². The first kappa shape index (κ1) is 17.6. The molecule has 0 bridgehead atoms. The van der Waals surface area contributed by atoms with Gasteiger partial charge in [-0.25, -0.2) is 13.6 Å². The summed E-state index contributed by atoms with van der Waals surface area (Å²) in [5.41, 5.74) is 0.0614. The Morgan fingerprint density at radius 2 is 2.10 bits per heavy atom. The first-order valence-electron chi connectivity index (χ1n) is 6.13. The number of benzene rings is 1. The Balaban J connectivity index is 2.94. The molecular weight excluding hydrogens is 316 g/mol. The van der Waals surface area contributed by atoms with Crippen LogP contribution in [0.3, 0.4) is 0 Å². The highest BCUT2D eigenvalue weighted by Gasteiger charge is 2.17. The third-order valence-electron chi connectivity index (χ3n) is 2.68. The fourth-order valence-corrected chi connectivity index (χ4v) is 2.72. The van der Waals surface area contributed by atoms with E-state index in [9.17, 15) is 17.4 Å². The largest absolute Gasteiger partial charge is 0.496 e. The van der Waals surface area contributed by atoms with Crippen LogP contribution in [0.4, 0.5) is 0 Å². The summed E-state index contributed by atoms with van der Waals surface area (Å²) in [6.07, 6.45) is 0. The van der Waals surface area contributed by atoms with Crippen LogP contribution in [0, 0.1) is 0 Å². The van der Waals surface area contributed by atoms with Crippen LogP contribution in [0.15, 0.2) is 23.1 Å². The maximum Gasteiger partial charge on any atom is 0.255 e. The third kappa shape index (κ3) is 5.10. The zero-order valence-electron chi connectivity index (χ0n) is 11.8. The Bertz CT molecular complexity index is 643. The van der Waals surface area contributed by atoms with Crippen molar-refractivity contribution < 1.29 is 22.2 Å². The number of hydrogen-bond acceptors (Lipinski definition) is 5. The number of carbonyl (C=O) groups excluding carboxylic acids is 1. The molecule has 0 radical (unpaired) electrons. The molecule has 0 heterocycles. The molecule has 1 amide bonds. The summed E-state index contributed by atoms with van der Waals surface area (Å²) in [6.45, 7) is 2.01. The summed E-state index contributed by atoms with van der Waals surface area (Å²) >= 11 is 0. The predicted octanol–water partition coefficient (Wildman–Crippen LogP) is -0.159. The molecule has 7 nitrogen and oxygen atoms in total. The molecule has 0 aliphatic carbocycles. The molecule has 118 valence electrons. The molecule has 0 aliphatic heterocycles. The molecule has 0 aromatic heterocycles. The van der Waals surface area contributed by atoms with E-state index >= 15 is 0 Å². The van der Waals surface area contributed by atoms with E-state index in [0.717, 1.165) is 6.07 Å². The quantitative estimate of drug-likeness (QED) is 0.719. The minimum absolute atomic E-state index is 0.0614. The van der Waals surface area contributed by atoms with Crippen molar-refractivity contribution >= 4 is 26.7 Å². The minimum atomic E-state index is -3.91. The highest BCUT2D eigenvalue weighted by molar-refractivity contribution is 7.89. The second-order valence-electron chi connectivity index (χ2n) is 4.10. The number of nitrogens with one attached hydrogen (secondary N) is 1. The van der Waals surface area contributed by atoms with Crippen molar-refractivity contribution in [2.75, 3.05) is 25.2 Å². The van der Waals surface area contributed by atoms with Crippen LogP contribution >= 0.6 is 0 Å². The average Bonchev–Trinajstić information content (AvgIpc) is 2.45. The Labute approximate surface area is 126 Å². The van der Waals surface area contributed by atoms with Gasteiger partial charge in [0.2, 0.25) is 10.0 Å². The monoisotopic (exact) mass is 334 g/mol. The number of sulfonamides is 1. The molecule has 3 N–H and O–H groups in total. The molecule has 21 heavy (non-hydrogen) atoms. The van der Waals surface area contributed by atoms with E-state index in [0.29, 0.717) is 11.5 Å². The lowest BCUT2D eigenvalue weighted by molar-refractivity contribution is 0.0953. The number of ether oxygens (including phenoxy) is 1. The third-order valence-corrected chi connectivity index (χ3v) is 4.90. The van der Waals surface area contributed by atoms with Gasteiger partial charge in [0.25, 0.3) is 5.91 Å². The fraction of sp³-hybridized carbons (Fsp3) is 0.417. The average molecular weight is 334 g/mol. The summed E-state index contributed by atoms with van der Waals surface area (Å²) in [5, 5.41) is 7.60. The van der Waals surface area contributed by atoms with Crippen molar-refractivity contribution in [2.24, 2.45) is 5.14 Å². The van der Waals surface area contributed by atoms with Crippen LogP contribution in [0.1, 0.15) is 17.3 Å². The van der Waals surface area contributed by atoms with Crippen molar-refractivity contribution in [1.29, 1.82) is 0 Å². The summed E-state index contributed by atoms with van der Waals surface area (Å²) in [4.78, 5) is 11.9. The fourth-order valence-electron chi connectivity index (χ4n) is 1.56. The Kier molecular flexibility index (Phi) is 6.31. The lowest BCUT2D eigenvalue weighted by atomic mass is 10.2. The van der Waals surface area contributed by atoms with Crippen LogP contribution in [0.5, 0.6) is 5.75 Å². The van der Waals surface area contributed by atoms with Gasteiger partial charge >= 0.3 is 0 Å². The smallest absolute Gasteiger partial charge is 0.255 e. The van der Waals surface area contributed by atoms with E-state index in [4.69, 9.17) is 9.88 Å². The van der Waals surface area contributed by atoms with Gasteiger partial charge in [-0.2, -0.15) is 0 Å². The SMILES string of the molecule is CCS(=O)CCNC(=O)c1cc(S(N)(=O)=O)ccc1OC. The van der Waals surface area contributed by atoms with E-state index in [1.54, 1.807) is 6.92 Å². The van der Waals surface area contributed by atoms with Crippen molar-refractivity contribution in [1.82, 2.24) is 5.32 Å². The second kappa shape index (κ2) is 7.53. The molecule has 0 aliphatic rings. The van der Waals surface area contributed by atoms with Crippen LogP contribution < -0.4 is 15.2 Å². The molecule has 0 spiro atoms. The maximum atomic E-state index is 12.0. The highest BCUT2D eigenvalue weighted by Crippen LogP contribution is 2.21. The van der Waals surface area contributed by atoms with Crippen molar-refractivity contribution in [3.05, 3.63) is 23.8 Å².